The van der Waals surface area contributed by atoms with Crippen molar-refractivity contribution in [2.24, 2.45) is 0 Å². The monoisotopic (exact) mass is 455 g/mol. The Morgan fingerprint density at radius 2 is 1.15 bits per heavy atom. The van der Waals surface area contributed by atoms with E-state index in [2.05, 4.69) is 132 Å². The number of aromatic nitrogens is 1. The predicted molar refractivity (Wildman–Crippen MR) is 148 cm³/mol. The van der Waals surface area contributed by atoms with E-state index in [9.17, 15) is 0 Å². The highest BCUT2D eigenvalue weighted by molar-refractivity contribution is 8.33. The topological polar surface area (TPSA) is 4.93 Å². The minimum Gasteiger partial charge on any atom is -0.309 e. The molecular weight excluding hydrogens is 430 g/mol. The standard InChI is InChI=1S/C32H25NS/c1-34(2)31-15-9-7-13-26(31)27-18-16-23(21-32(27)34)22-17-19-30-28(20-22)25-12-6-8-14-29(25)33(30)24-10-4-3-5-11-24/h3-21H,1-2H3. The molecule has 5 aromatic carbocycles. The second-order valence-corrected chi connectivity index (χ2v) is 13.0. The normalized spacial score (nSPS) is 14.8. The molecule has 1 nitrogen and oxygen atoms in total. The second kappa shape index (κ2) is 7.12. The highest BCUT2D eigenvalue weighted by Crippen LogP contribution is 2.67. The Hall–Kier alpha value is -3.75. The quantitative estimate of drug-likeness (QED) is 0.246. The maximum Gasteiger partial charge on any atom is 0.0541 e. The van der Waals surface area contributed by atoms with Crippen LogP contribution in [-0.4, -0.2) is 17.1 Å². The average molecular weight is 456 g/mol. The first kappa shape index (κ1) is 19.7. The van der Waals surface area contributed by atoms with Gasteiger partial charge in [0.05, 0.1) is 11.0 Å². The first-order chi connectivity index (χ1) is 16.6. The van der Waals surface area contributed by atoms with Crippen LogP contribution in [0.15, 0.2) is 125 Å². The molecule has 0 saturated heterocycles. The largest absolute Gasteiger partial charge is 0.309 e. The number of rotatable bonds is 2. The maximum atomic E-state index is 2.45. The maximum absolute atomic E-state index is 2.45. The van der Waals surface area contributed by atoms with Crippen molar-refractivity contribution in [2.45, 2.75) is 9.79 Å². The molecule has 0 atom stereocenters. The van der Waals surface area contributed by atoms with Gasteiger partial charge in [-0.15, -0.1) is 0 Å². The lowest BCUT2D eigenvalue weighted by atomic mass is 9.99. The van der Waals surface area contributed by atoms with Crippen LogP contribution in [0.25, 0.3) is 49.7 Å². The van der Waals surface area contributed by atoms with Crippen LogP contribution in [0.4, 0.5) is 0 Å². The zero-order valence-corrected chi connectivity index (χ0v) is 20.1. The predicted octanol–water partition coefficient (Wildman–Crippen LogP) is 8.91. The molecule has 1 aromatic heterocycles. The van der Waals surface area contributed by atoms with E-state index < -0.39 is 10.0 Å². The molecule has 0 spiro atoms. The third-order valence-electron chi connectivity index (χ3n) is 7.28. The van der Waals surface area contributed by atoms with Crippen molar-refractivity contribution in [3.8, 4) is 27.9 Å². The summed E-state index contributed by atoms with van der Waals surface area (Å²) in [4.78, 5) is 3.00. The summed E-state index contributed by atoms with van der Waals surface area (Å²) < 4.78 is 2.38. The van der Waals surface area contributed by atoms with Gasteiger partial charge in [0.25, 0.3) is 0 Å². The molecule has 1 aliphatic heterocycles. The summed E-state index contributed by atoms with van der Waals surface area (Å²) in [5.41, 5.74) is 9.07. The Morgan fingerprint density at radius 3 is 2.03 bits per heavy atom. The fourth-order valence-electron chi connectivity index (χ4n) is 5.61. The summed E-state index contributed by atoms with van der Waals surface area (Å²) in [6.07, 6.45) is 4.86. The Balaban J connectivity index is 1.44. The number of nitrogens with zero attached hydrogens (tertiary/aromatic N) is 1. The third-order valence-corrected chi connectivity index (χ3v) is 10.2. The Kier molecular flexibility index (Phi) is 4.13. The molecule has 6 aromatic rings. The van der Waals surface area contributed by atoms with Crippen LogP contribution in [0.1, 0.15) is 0 Å². The summed E-state index contributed by atoms with van der Waals surface area (Å²) in [5.74, 6) is 0. The van der Waals surface area contributed by atoms with Crippen molar-refractivity contribution in [1.29, 1.82) is 0 Å². The SMILES string of the molecule is CS1(C)c2ccccc2-c2ccc(-c3ccc4c(c3)c3ccccc3n4-c3ccccc3)cc21. The van der Waals surface area contributed by atoms with E-state index in [0.717, 1.165) is 0 Å². The van der Waals surface area contributed by atoms with Crippen molar-refractivity contribution in [2.75, 3.05) is 12.5 Å². The molecule has 164 valence electrons. The number of hydrogen-bond acceptors (Lipinski definition) is 0. The molecule has 0 amide bonds. The van der Waals surface area contributed by atoms with Crippen LogP contribution in [0.5, 0.6) is 0 Å². The Bertz CT molecular complexity index is 1720. The molecule has 0 aliphatic carbocycles. The summed E-state index contributed by atoms with van der Waals surface area (Å²) in [6.45, 7) is 0. The third kappa shape index (κ3) is 2.69. The van der Waals surface area contributed by atoms with Crippen LogP contribution >= 0.6 is 10.0 Å². The van der Waals surface area contributed by atoms with E-state index >= 15 is 0 Å². The number of benzene rings is 5. The fourth-order valence-corrected chi connectivity index (χ4v) is 8.14. The fraction of sp³-hybridized carbons (Fsp3) is 0.0625. The Labute approximate surface area is 201 Å². The lowest BCUT2D eigenvalue weighted by Crippen LogP contribution is -1.93. The minimum absolute atomic E-state index is 1.01. The molecular formula is C32H25NS. The Morgan fingerprint density at radius 1 is 0.500 bits per heavy atom. The van der Waals surface area contributed by atoms with Crippen LogP contribution in [0.2, 0.25) is 0 Å². The van der Waals surface area contributed by atoms with Crippen molar-refractivity contribution < 1.29 is 0 Å². The van der Waals surface area contributed by atoms with Crippen molar-refractivity contribution in [1.82, 2.24) is 4.57 Å². The van der Waals surface area contributed by atoms with Gasteiger partial charge in [-0.1, -0.05) is 72.8 Å². The van der Waals surface area contributed by atoms with E-state index in [4.69, 9.17) is 0 Å². The van der Waals surface area contributed by atoms with E-state index in [0.29, 0.717) is 0 Å². The van der Waals surface area contributed by atoms with Gasteiger partial charge in [0.1, 0.15) is 0 Å². The van der Waals surface area contributed by atoms with E-state index in [1.54, 1.807) is 0 Å². The molecule has 0 saturated carbocycles. The molecule has 0 bridgehead atoms. The first-order valence-corrected chi connectivity index (χ1v) is 14.1. The van der Waals surface area contributed by atoms with Crippen LogP contribution in [-0.2, 0) is 0 Å². The smallest absolute Gasteiger partial charge is 0.0541 e. The second-order valence-electron chi connectivity index (χ2n) is 9.45. The van der Waals surface area contributed by atoms with Gasteiger partial charge in [0.2, 0.25) is 0 Å². The van der Waals surface area contributed by atoms with Crippen LogP contribution in [0, 0.1) is 0 Å². The zero-order valence-electron chi connectivity index (χ0n) is 19.3. The molecule has 7 rings (SSSR count). The van der Waals surface area contributed by atoms with Gasteiger partial charge in [-0.05, 0) is 77.2 Å². The summed E-state index contributed by atoms with van der Waals surface area (Å²) in [7, 11) is -1.01. The van der Waals surface area contributed by atoms with Crippen LogP contribution in [0.3, 0.4) is 0 Å². The van der Waals surface area contributed by atoms with Gasteiger partial charge in [-0.2, -0.15) is 10.0 Å². The van der Waals surface area contributed by atoms with E-state index in [1.165, 1.54) is 59.5 Å². The lowest BCUT2D eigenvalue weighted by molar-refractivity contribution is 1.18. The summed E-state index contributed by atoms with van der Waals surface area (Å²) in [5, 5.41) is 2.59. The number of para-hydroxylation sites is 2. The molecule has 0 N–H and O–H groups in total. The highest BCUT2D eigenvalue weighted by Gasteiger charge is 2.31. The molecule has 0 unspecified atom stereocenters. The van der Waals surface area contributed by atoms with Gasteiger partial charge >= 0.3 is 0 Å². The molecule has 0 fully saturated rings. The van der Waals surface area contributed by atoms with E-state index in [1.807, 2.05) is 0 Å². The molecule has 34 heavy (non-hydrogen) atoms. The van der Waals surface area contributed by atoms with Crippen molar-refractivity contribution in [3.63, 3.8) is 0 Å². The summed E-state index contributed by atoms with van der Waals surface area (Å²) >= 11 is 0. The highest BCUT2D eigenvalue weighted by atomic mass is 32.3. The van der Waals surface area contributed by atoms with Gasteiger partial charge in [0.15, 0.2) is 0 Å². The van der Waals surface area contributed by atoms with Gasteiger partial charge < -0.3 is 4.57 Å². The first-order valence-electron chi connectivity index (χ1n) is 11.7. The van der Waals surface area contributed by atoms with Crippen LogP contribution < -0.4 is 0 Å². The minimum atomic E-state index is -1.01. The molecule has 2 heterocycles. The molecule has 1 aliphatic rings. The van der Waals surface area contributed by atoms with Crippen molar-refractivity contribution in [3.05, 3.63) is 115 Å². The zero-order chi connectivity index (χ0) is 22.9. The number of hydrogen-bond donors (Lipinski definition) is 0. The van der Waals surface area contributed by atoms with Gasteiger partial charge in [0, 0.05) is 26.3 Å². The molecule has 0 radical (unpaired) electrons. The van der Waals surface area contributed by atoms with E-state index in [-0.39, 0.29) is 0 Å². The summed E-state index contributed by atoms with van der Waals surface area (Å²) in [6, 6.07) is 42.4. The number of fused-ring (bicyclic) bond motifs is 6. The lowest BCUT2D eigenvalue weighted by Gasteiger charge is -2.28. The van der Waals surface area contributed by atoms with Crippen molar-refractivity contribution >= 4 is 31.8 Å². The average Bonchev–Trinajstić information content (AvgIpc) is 3.33. The van der Waals surface area contributed by atoms with Gasteiger partial charge in [-0.25, -0.2) is 0 Å². The molecule has 2 heteroatoms. The van der Waals surface area contributed by atoms with Gasteiger partial charge in [-0.3, -0.25) is 0 Å².